The van der Waals surface area contributed by atoms with Crippen molar-refractivity contribution in [3.8, 4) is 0 Å². The minimum Gasteiger partial charge on any atom is -0.0741 e. The zero-order valence-corrected chi connectivity index (χ0v) is 9.62. The lowest BCUT2D eigenvalue weighted by Gasteiger charge is -2.29. The predicted molar refractivity (Wildman–Crippen MR) is 57.4 cm³/mol. The normalized spacial score (nSPS) is 14.5. The average Bonchev–Trinajstić information content (AvgIpc) is 2.14. The van der Waals surface area contributed by atoms with E-state index in [9.17, 15) is 0 Å². The molecule has 0 saturated carbocycles. The highest BCUT2D eigenvalue weighted by Gasteiger charge is 2.22. The summed E-state index contributed by atoms with van der Waals surface area (Å²) in [6.45, 7) is 13.8. The van der Waals surface area contributed by atoms with Gasteiger partial charge in [0.25, 0.3) is 0 Å². The lowest BCUT2D eigenvalue weighted by molar-refractivity contribution is 0.363. The molecule has 0 atom stereocenters. The zero-order valence-electron chi connectivity index (χ0n) is 9.62. The molecule has 0 fully saturated rings. The first-order chi connectivity index (χ1) is 5.51. The summed E-state index contributed by atoms with van der Waals surface area (Å²) >= 11 is 0. The Kier molecular flexibility index (Phi) is 4.59. The third-order valence-corrected chi connectivity index (χ3v) is 3.64. The van der Waals surface area contributed by atoms with Crippen LogP contribution in [-0.4, -0.2) is 0 Å². The summed E-state index contributed by atoms with van der Waals surface area (Å²) in [6.07, 6.45) is 3.71. The molecule has 0 aliphatic carbocycles. The van der Waals surface area contributed by atoms with Crippen LogP contribution in [0, 0.1) is 5.41 Å². The highest BCUT2D eigenvalue weighted by Crippen LogP contribution is 2.36. The monoisotopic (exact) mass is 168 g/mol. The number of rotatable bonds is 4. The van der Waals surface area contributed by atoms with Gasteiger partial charge in [-0.3, -0.25) is 0 Å². The van der Waals surface area contributed by atoms with Crippen molar-refractivity contribution in [3.05, 3.63) is 11.1 Å². The van der Waals surface area contributed by atoms with E-state index in [1.165, 1.54) is 19.3 Å². The first-order valence-electron chi connectivity index (χ1n) is 5.18. The van der Waals surface area contributed by atoms with Crippen LogP contribution in [0.1, 0.15) is 60.8 Å². The van der Waals surface area contributed by atoms with Gasteiger partial charge in [0.1, 0.15) is 0 Å². The van der Waals surface area contributed by atoms with E-state index in [0.29, 0.717) is 5.41 Å². The largest absolute Gasteiger partial charge is 0.0741 e. The van der Waals surface area contributed by atoms with Crippen LogP contribution < -0.4 is 0 Å². The van der Waals surface area contributed by atoms with Crippen LogP contribution in [0.25, 0.3) is 0 Å². The number of hydrogen-bond donors (Lipinski definition) is 0. The van der Waals surface area contributed by atoms with Crippen molar-refractivity contribution in [1.29, 1.82) is 0 Å². The SMILES string of the molecule is CCC(C)=C(C)C(C)(CC)CC. The summed E-state index contributed by atoms with van der Waals surface area (Å²) < 4.78 is 0. The highest BCUT2D eigenvalue weighted by molar-refractivity contribution is 5.17. The molecule has 0 spiro atoms. The third kappa shape index (κ3) is 2.36. The molecule has 0 N–H and O–H groups in total. The van der Waals surface area contributed by atoms with E-state index < -0.39 is 0 Å². The fourth-order valence-electron chi connectivity index (χ4n) is 1.56. The maximum atomic E-state index is 2.38. The number of hydrogen-bond acceptors (Lipinski definition) is 0. The lowest BCUT2D eigenvalue weighted by atomic mass is 9.76. The second-order valence-corrected chi connectivity index (χ2v) is 4.03. The maximum absolute atomic E-state index is 2.38. The zero-order chi connectivity index (χ0) is 9.78. The minimum absolute atomic E-state index is 0.445. The van der Waals surface area contributed by atoms with Crippen LogP contribution in [0.2, 0.25) is 0 Å². The lowest BCUT2D eigenvalue weighted by Crippen LogP contribution is -2.16. The Balaban J connectivity index is 4.74. The van der Waals surface area contributed by atoms with E-state index in [0.717, 1.165) is 0 Å². The van der Waals surface area contributed by atoms with Crippen LogP contribution in [0.5, 0.6) is 0 Å². The van der Waals surface area contributed by atoms with Gasteiger partial charge in [0.2, 0.25) is 0 Å². The summed E-state index contributed by atoms with van der Waals surface area (Å²) in [4.78, 5) is 0. The average molecular weight is 168 g/mol. The molecule has 0 nitrogen and oxygen atoms in total. The highest BCUT2D eigenvalue weighted by atomic mass is 14.3. The molecule has 12 heavy (non-hydrogen) atoms. The smallest absolute Gasteiger partial charge is 0.0122 e. The van der Waals surface area contributed by atoms with Gasteiger partial charge in [0, 0.05) is 0 Å². The standard InChI is InChI=1S/C12H24/c1-7-10(4)11(5)12(6,8-2)9-3/h7-9H2,1-6H3. The van der Waals surface area contributed by atoms with Gasteiger partial charge >= 0.3 is 0 Å². The second-order valence-electron chi connectivity index (χ2n) is 4.03. The summed E-state index contributed by atoms with van der Waals surface area (Å²) in [7, 11) is 0. The quantitative estimate of drug-likeness (QED) is 0.540. The topological polar surface area (TPSA) is 0 Å². The van der Waals surface area contributed by atoms with E-state index in [2.05, 4.69) is 41.5 Å². The molecule has 0 amide bonds. The Bertz CT molecular complexity index is 159. The third-order valence-electron chi connectivity index (χ3n) is 3.64. The molecule has 0 heteroatoms. The Hall–Kier alpha value is -0.260. The molecule has 0 aromatic carbocycles. The van der Waals surface area contributed by atoms with Crippen molar-refractivity contribution in [2.75, 3.05) is 0 Å². The molecule has 0 aromatic rings. The minimum atomic E-state index is 0.445. The van der Waals surface area contributed by atoms with Crippen LogP contribution in [0.15, 0.2) is 11.1 Å². The summed E-state index contributed by atoms with van der Waals surface area (Å²) in [5, 5.41) is 0. The fraction of sp³-hybridized carbons (Fsp3) is 0.833. The van der Waals surface area contributed by atoms with Gasteiger partial charge in [-0.1, -0.05) is 38.8 Å². The molecule has 0 aromatic heterocycles. The van der Waals surface area contributed by atoms with E-state index in [4.69, 9.17) is 0 Å². The van der Waals surface area contributed by atoms with Crippen molar-refractivity contribution in [2.24, 2.45) is 5.41 Å². The van der Waals surface area contributed by atoms with Gasteiger partial charge in [-0.2, -0.15) is 0 Å². The molecule has 0 unspecified atom stereocenters. The summed E-state index contributed by atoms with van der Waals surface area (Å²) in [5.74, 6) is 0. The molecular weight excluding hydrogens is 144 g/mol. The van der Waals surface area contributed by atoms with Crippen LogP contribution in [-0.2, 0) is 0 Å². The molecular formula is C12H24. The molecule has 0 saturated heterocycles. The Labute approximate surface area is 78.1 Å². The van der Waals surface area contributed by atoms with Crippen LogP contribution in [0.4, 0.5) is 0 Å². The van der Waals surface area contributed by atoms with Gasteiger partial charge in [-0.15, -0.1) is 0 Å². The van der Waals surface area contributed by atoms with Crippen molar-refractivity contribution < 1.29 is 0 Å². The van der Waals surface area contributed by atoms with Crippen LogP contribution >= 0.6 is 0 Å². The van der Waals surface area contributed by atoms with Crippen molar-refractivity contribution in [3.63, 3.8) is 0 Å². The predicted octanol–water partition coefficient (Wildman–Crippen LogP) is 4.56. The Morgan fingerprint density at radius 2 is 1.42 bits per heavy atom. The van der Waals surface area contributed by atoms with Gasteiger partial charge < -0.3 is 0 Å². The fourth-order valence-corrected chi connectivity index (χ4v) is 1.56. The first kappa shape index (κ1) is 11.7. The summed E-state index contributed by atoms with van der Waals surface area (Å²) in [5.41, 5.74) is 3.62. The molecule has 0 heterocycles. The molecule has 0 bridgehead atoms. The first-order valence-corrected chi connectivity index (χ1v) is 5.18. The van der Waals surface area contributed by atoms with E-state index in [1.54, 1.807) is 11.1 Å². The molecule has 0 radical (unpaired) electrons. The van der Waals surface area contributed by atoms with Gasteiger partial charge in [0.05, 0.1) is 0 Å². The van der Waals surface area contributed by atoms with Crippen molar-refractivity contribution >= 4 is 0 Å². The molecule has 0 aliphatic heterocycles. The second kappa shape index (κ2) is 4.69. The maximum Gasteiger partial charge on any atom is -0.0122 e. The van der Waals surface area contributed by atoms with E-state index >= 15 is 0 Å². The molecule has 0 rings (SSSR count). The molecule has 72 valence electrons. The van der Waals surface area contributed by atoms with Gasteiger partial charge in [-0.05, 0) is 38.5 Å². The van der Waals surface area contributed by atoms with Gasteiger partial charge in [0.15, 0.2) is 0 Å². The molecule has 0 aliphatic rings. The van der Waals surface area contributed by atoms with E-state index in [1.807, 2.05) is 0 Å². The van der Waals surface area contributed by atoms with Crippen molar-refractivity contribution in [1.82, 2.24) is 0 Å². The van der Waals surface area contributed by atoms with E-state index in [-0.39, 0.29) is 0 Å². The summed E-state index contributed by atoms with van der Waals surface area (Å²) in [6, 6.07) is 0. The van der Waals surface area contributed by atoms with Gasteiger partial charge in [-0.25, -0.2) is 0 Å². The van der Waals surface area contributed by atoms with Crippen molar-refractivity contribution in [2.45, 2.75) is 60.8 Å². The van der Waals surface area contributed by atoms with Crippen LogP contribution in [0.3, 0.4) is 0 Å². The Morgan fingerprint density at radius 1 is 1.00 bits per heavy atom. The number of allylic oxidation sites excluding steroid dienone is 2. The Morgan fingerprint density at radius 3 is 1.67 bits per heavy atom.